The second-order valence-corrected chi connectivity index (χ2v) is 6.92. The number of carboxylic acids is 1. The van der Waals surface area contributed by atoms with Gasteiger partial charge in [-0.25, -0.2) is 0 Å². The van der Waals surface area contributed by atoms with Crippen LogP contribution < -0.4 is 10.1 Å². The van der Waals surface area contributed by atoms with Gasteiger partial charge in [-0.3, -0.25) is 14.5 Å². The summed E-state index contributed by atoms with van der Waals surface area (Å²) in [5, 5.41) is 12.5. The molecule has 2 aromatic rings. The summed E-state index contributed by atoms with van der Waals surface area (Å²) in [6.07, 6.45) is -0.0506. The summed E-state index contributed by atoms with van der Waals surface area (Å²) in [4.78, 5) is 24.7. The Kier molecular flexibility index (Phi) is 6.32. The number of hydrogen-bond acceptors (Lipinski definition) is 4. The summed E-state index contributed by atoms with van der Waals surface area (Å²) < 4.78 is 5.97. The van der Waals surface area contributed by atoms with Crippen LogP contribution in [0.1, 0.15) is 16.7 Å². The number of benzene rings is 2. The van der Waals surface area contributed by atoms with Crippen molar-refractivity contribution in [2.75, 3.05) is 19.6 Å². The average molecular weight is 389 g/mol. The zero-order valence-electron chi connectivity index (χ0n) is 14.8. The van der Waals surface area contributed by atoms with Crippen LogP contribution in [-0.4, -0.2) is 41.5 Å². The summed E-state index contributed by atoms with van der Waals surface area (Å²) in [6.45, 7) is 2.57. The van der Waals surface area contributed by atoms with Crippen LogP contribution in [0.5, 0.6) is 5.75 Å². The third-order valence-corrected chi connectivity index (χ3v) is 4.55. The van der Waals surface area contributed by atoms with Crippen LogP contribution in [0.15, 0.2) is 42.5 Å². The molecule has 0 spiro atoms. The van der Waals surface area contributed by atoms with E-state index in [2.05, 4.69) is 5.32 Å². The van der Waals surface area contributed by atoms with E-state index >= 15 is 0 Å². The van der Waals surface area contributed by atoms with Crippen LogP contribution in [-0.2, 0) is 29.2 Å². The molecule has 1 heterocycles. The highest BCUT2D eigenvalue weighted by Gasteiger charge is 2.18. The van der Waals surface area contributed by atoms with E-state index in [0.29, 0.717) is 42.6 Å². The Bertz CT molecular complexity index is 823. The second kappa shape index (κ2) is 8.88. The summed E-state index contributed by atoms with van der Waals surface area (Å²) in [5.74, 6) is -0.204. The van der Waals surface area contributed by atoms with Gasteiger partial charge in [0.2, 0.25) is 5.91 Å². The minimum atomic E-state index is -0.881. The normalized spacial score (nSPS) is 14.6. The maximum atomic E-state index is 11.6. The molecule has 27 heavy (non-hydrogen) atoms. The van der Waals surface area contributed by atoms with Crippen LogP contribution in [0.3, 0.4) is 0 Å². The van der Waals surface area contributed by atoms with Gasteiger partial charge in [-0.2, -0.15) is 0 Å². The Hall–Kier alpha value is -2.57. The molecule has 1 fully saturated rings. The first kappa shape index (κ1) is 19.2. The SMILES string of the molecule is O=C(O)Cc1ccc(OCc2ccc(Cl)cc2)c(CN2CCNC(=O)C2)c1. The standard InChI is InChI=1S/C20H21ClN2O4/c21-17-4-1-14(2-5-17)13-27-18-6-3-15(10-20(25)26)9-16(18)11-23-8-7-22-19(24)12-23/h1-6,9H,7-8,10-13H2,(H,22,24)(H,25,26). The fourth-order valence-electron chi connectivity index (χ4n) is 2.99. The molecule has 0 aliphatic carbocycles. The molecule has 1 amide bonds. The molecule has 0 saturated carbocycles. The van der Waals surface area contributed by atoms with E-state index in [9.17, 15) is 9.59 Å². The van der Waals surface area contributed by atoms with Crippen molar-refractivity contribution in [3.8, 4) is 5.75 Å². The molecule has 0 atom stereocenters. The van der Waals surface area contributed by atoms with Crippen LogP contribution >= 0.6 is 11.6 Å². The number of hydrogen-bond donors (Lipinski definition) is 2. The van der Waals surface area contributed by atoms with Crippen molar-refractivity contribution < 1.29 is 19.4 Å². The van der Waals surface area contributed by atoms with E-state index in [1.165, 1.54) is 0 Å². The van der Waals surface area contributed by atoms with Gasteiger partial charge < -0.3 is 15.2 Å². The lowest BCUT2D eigenvalue weighted by Gasteiger charge is -2.27. The van der Waals surface area contributed by atoms with Crippen LogP contribution in [0, 0.1) is 0 Å². The van der Waals surface area contributed by atoms with Gasteiger partial charge in [0.25, 0.3) is 0 Å². The highest BCUT2D eigenvalue weighted by atomic mass is 35.5. The number of carboxylic acid groups (broad SMARTS) is 1. The maximum absolute atomic E-state index is 11.6. The summed E-state index contributed by atoms with van der Waals surface area (Å²) in [5.41, 5.74) is 2.56. The van der Waals surface area contributed by atoms with Gasteiger partial charge in [0, 0.05) is 30.2 Å². The van der Waals surface area contributed by atoms with Gasteiger partial charge in [-0.1, -0.05) is 35.9 Å². The molecule has 0 unspecified atom stereocenters. The Labute approximate surface area is 162 Å². The first-order chi connectivity index (χ1) is 13.0. The monoisotopic (exact) mass is 388 g/mol. The first-order valence-corrected chi connectivity index (χ1v) is 9.07. The zero-order valence-corrected chi connectivity index (χ0v) is 15.5. The molecule has 1 aliphatic heterocycles. The van der Waals surface area contributed by atoms with Crippen molar-refractivity contribution in [3.05, 3.63) is 64.2 Å². The number of rotatable bonds is 7. The molecule has 1 saturated heterocycles. The summed E-state index contributed by atoms with van der Waals surface area (Å²) in [6, 6.07) is 12.8. The Morgan fingerprint density at radius 2 is 1.93 bits per heavy atom. The van der Waals surface area contributed by atoms with Gasteiger partial charge in [0.05, 0.1) is 13.0 Å². The molecule has 7 heteroatoms. The first-order valence-electron chi connectivity index (χ1n) is 8.69. The topological polar surface area (TPSA) is 78.9 Å². The lowest BCUT2D eigenvalue weighted by atomic mass is 10.1. The van der Waals surface area contributed by atoms with Gasteiger partial charge >= 0.3 is 5.97 Å². The number of aliphatic carboxylic acids is 1. The molecule has 2 N–H and O–H groups in total. The average Bonchev–Trinajstić information content (AvgIpc) is 2.62. The van der Waals surface area contributed by atoms with Crippen LogP contribution in [0.25, 0.3) is 0 Å². The number of nitrogens with one attached hydrogen (secondary N) is 1. The molecular weight excluding hydrogens is 368 g/mol. The fraction of sp³-hybridized carbons (Fsp3) is 0.300. The smallest absolute Gasteiger partial charge is 0.307 e. The number of amides is 1. The second-order valence-electron chi connectivity index (χ2n) is 6.49. The minimum absolute atomic E-state index is 0.00780. The Morgan fingerprint density at radius 3 is 2.63 bits per heavy atom. The largest absolute Gasteiger partial charge is 0.489 e. The van der Waals surface area contributed by atoms with Crippen molar-refractivity contribution in [2.24, 2.45) is 0 Å². The lowest BCUT2D eigenvalue weighted by molar-refractivity contribution is -0.136. The molecule has 0 radical (unpaired) electrons. The molecule has 0 aromatic heterocycles. The number of nitrogens with zero attached hydrogens (tertiary/aromatic N) is 1. The lowest BCUT2D eigenvalue weighted by Crippen LogP contribution is -2.47. The highest BCUT2D eigenvalue weighted by molar-refractivity contribution is 6.30. The number of carbonyl (C=O) groups excluding carboxylic acids is 1. The molecule has 1 aliphatic rings. The quantitative estimate of drug-likeness (QED) is 0.761. The van der Waals surface area contributed by atoms with Gasteiger partial charge in [-0.05, 0) is 29.3 Å². The molecule has 0 bridgehead atoms. The molecule has 2 aromatic carbocycles. The molecular formula is C20H21ClN2O4. The van der Waals surface area contributed by atoms with Crippen molar-refractivity contribution >= 4 is 23.5 Å². The predicted molar refractivity (Wildman–Crippen MR) is 102 cm³/mol. The van der Waals surface area contributed by atoms with Gasteiger partial charge in [0.15, 0.2) is 0 Å². The Balaban J connectivity index is 1.76. The van der Waals surface area contributed by atoms with E-state index in [1.54, 1.807) is 12.1 Å². The number of piperazine rings is 1. The van der Waals surface area contributed by atoms with Crippen molar-refractivity contribution in [2.45, 2.75) is 19.6 Å². The number of halogens is 1. The van der Waals surface area contributed by atoms with Gasteiger partial charge in [0.1, 0.15) is 12.4 Å². The van der Waals surface area contributed by atoms with E-state index in [0.717, 1.165) is 17.7 Å². The van der Waals surface area contributed by atoms with Crippen LogP contribution in [0.4, 0.5) is 0 Å². The predicted octanol–water partition coefficient (Wildman–Crippen LogP) is 2.48. The van der Waals surface area contributed by atoms with E-state index in [-0.39, 0.29) is 12.3 Å². The summed E-state index contributed by atoms with van der Waals surface area (Å²) in [7, 11) is 0. The molecule has 3 rings (SSSR count). The third kappa shape index (κ3) is 5.70. The Morgan fingerprint density at radius 1 is 1.19 bits per heavy atom. The van der Waals surface area contributed by atoms with Crippen molar-refractivity contribution in [1.29, 1.82) is 0 Å². The highest BCUT2D eigenvalue weighted by Crippen LogP contribution is 2.24. The number of ether oxygens (including phenoxy) is 1. The van der Waals surface area contributed by atoms with Crippen molar-refractivity contribution in [1.82, 2.24) is 10.2 Å². The number of carbonyl (C=O) groups is 2. The van der Waals surface area contributed by atoms with Crippen LogP contribution in [0.2, 0.25) is 5.02 Å². The molecule has 142 valence electrons. The zero-order chi connectivity index (χ0) is 19.2. The third-order valence-electron chi connectivity index (χ3n) is 4.30. The van der Waals surface area contributed by atoms with E-state index in [1.807, 2.05) is 35.2 Å². The summed E-state index contributed by atoms with van der Waals surface area (Å²) >= 11 is 5.91. The fourth-order valence-corrected chi connectivity index (χ4v) is 3.12. The molecule has 6 nitrogen and oxygen atoms in total. The van der Waals surface area contributed by atoms with E-state index in [4.69, 9.17) is 21.4 Å². The van der Waals surface area contributed by atoms with E-state index < -0.39 is 5.97 Å². The van der Waals surface area contributed by atoms with Gasteiger partial charge in [-0.15, -0.1) is 0 Å². The van der Waals surface area contributed by atoms with Crippen molar-refractivity contribution in [3.63, 3.8) is 0 Å². The maximum Gasteiger partial charge on any atom is 0.307 e. The minimum Gasteiger partial charge on any atom is -0.489 e.